The molecule has 0 bridgehead atoms. The Morgan fingerprint density at radius 1 is 1.24 bits per heavy atom. The predicted octanol–water partition coefficient (Wildman–Crippen LogP) is 2.31. The lowest BCUT2D eigenvalue weighted by molar-refractivity contribution is 0.0718. The van der Waals surface area contributed by atoms with E-state index in [1.807, 2.05) is 0 Å². The summed E-state index contributed by atoms with van der Waals surface area (Å²) in [7, 11) is 0. The Labute approximate surface area is 122 Å². The van der Waals surface area contributed by atoms with Crippen molar-refractivity contribution in [3.63, 3.8) is 0 Å². The molecule has 110 valence electrons. The maximum atomic E-state index is 12.4. The molecule has 2 aliphatic rings. The highest BCUT2D eigenvalue weighted by molar-refractivity contribution is 5.96. The molecule has 2 fully saturated rings. The summed E-state index contributed by atoms with van der Waals surface area (Å²) < 4.78 is 11.3. The topological polar surface area (TPSA) is 77.5 Å². The van der Waals surface area contributed by atoms with Crippen molar-refractivity contribution < 1.29 is 13.9 Å². The van der Waals surface area contributed by atoms with Crippen LogP contribution in [0.1, 0.15) is 29.8 Å². The summed E-state index contributed by atoms with van der Waals surface area (Å²) >= 11 is 0. The third-order valence-corrected chi connectivity index (χ3v) is 4.30. The van der Waals surface area contributed by atoms with Crippen molar-refractivity contribution in [3.8, 4) is 0 Å². The Hall–Kier alpha value is -2.01. The number of nitrogens with two attached hydrogens (primary N) is 1. The molecule has 1 aromatic heterocycles. The monoisotopic (exact) mass is 286 g/mol. The molecule has 1 saturated carbocycles. The second-order valence-electron chi connectivity index (χ2n) is 5.95. The Bertz CT molecular complexity index is 690. The van der Waals surface area contributed by atoms with Crippen molar-refractivity contribution in [2.45, 2.75) is 31.4 Å². The van der Waals surface area contributed by atoms with Gasteiger partial charge in [-0.2, -0.15) is 0 Å². The number of anilines is 1. The largest absolute Gasteiger partial charge is 0.451 e. The standard InChI is InChI=1S/C16H18N2O3/c17-11-3-4-13-10(7-11)8-14(21-13)16(19)18-12-5-6-20-15(12)9-1-2-9/h3-4,7-9,12,15H,1-2,5-6,17H2,(H,18,19). The fraction of sp³-hybridized carbons (Fsp3) is 0.438. The molecule has 0 radical (unpaired) electrons. The molecule has 21 heavy (non-hydrogen) atoms. The average molecular weight is 286 g/mol. The predicted molar refractivity (Wildman–Crippen MR) is 79.0 cm³/mol. The number of furan rings is 1. The van der Waals surface area contributed by atoms with Crippen LogP contribution in [0.3, 0.4) is 0 Å². The van der Waals surface area contributed by atoms with Crippen molar-refractivity contribution in [3.05, 3.63) is 30.0 Å². The number of fused-ring (bicyclic) bond motifs is 1. The van der Waals surface area contributed by atoms with E-state index in [9.17, 15) is 4.79 Å². The van der Waals surface area contributed by atoms with Gasteiger partial charge in [-0.25, -0.2) is 0 Å². The normalized spacial score (nSPS) is 25.3. The van der Waals surface area contributed by atoms with Gasteiger partial charge in [0.05, 0.1) is 12.1 Å². The minimum absolute atomic E-state index is 0.100. The van der Waals surface area contributed by atoms with E-state index < -0.39 is 0 Å². The van der Waals surface area contributed by atoms with Crippen LogP contribution in [0.15, 0.2) is 28.7 Å². The van der Waals surface area contributed by atoms with Gasteiger partial charge in [0.15, 0.2) is 5.76 Å². The first-order valence-corrected chi connectivity index (χ1v) is 7.42. The van der Waals surface area contributed by atoms with E-state index in [1.54, 1.807) is 24.3 Å². The molecule has 4 rings (SSSR count). The zero-order chi connectivity index (χ0) is 14.4. The van der Waals surface area contributed by atoms with Gasteiger partial charge in [0, 0.05) is 17.7 Å². The molecule has 2 unspecified atom stereocenters. The Kier molecular flexibility index (Phi) is 2.89. The summed E-state index contributed by atoms with van der Waals surface area (Å²) in [6.45, 7) is 0.725. The van der Waals surface area contributed by atoms with Crippen LogP contribution in [0.5, 0.6) is 0 Å². The van der Waals surface area contributed by atoms with Gasteiger partial charge in [-0.1, -0.05) is 0 Å². The zero-order valence-electron chi connectivity index (χ0n) is 11.7. The molecule has 2 heterocycles. The fourth-order valence-electron chi connectivity index (χ4n) is 3.07. The number of carbonyl (C=O) groups excluding carboxylic acids is 1. The Balaban J connectivity index is 1.52. The van der Waals surface area contributed by atoms with Crippen molar-refractivity contribution in [2.75, 3.05) is 12.3 Å². The molecule has 3 N–H and O–H groups in total. The lowest BCUT2D eigenvalue weighted by Gasteiger charge is -2.18. The van der Waals surface area contributed by atoms with Gasteiger partial charge in [-0.15, -0.1) is 0 Å². The quantitative estimate of drug-likeness (QED) is 0.849. The van der Waals surface area contributed by atoms with Crippen molar-refractivity contribution >= 4 is 22.6 Å². The first kappa shape index (κ1) is 12.7. The SMILES string of the molecule is Nc1ccc2oc(C(=O)NC3CCOC3C3CC3)cc2c1. The van der Waals surface area contributed by atoms with E-state index in [0.29, 0.717) is 22.9 Å². The third-order valence-electron chi connectivity index (χ3n) is 4.30. The average Bonchev–Trinajstić information content (AvgIpc) is 3.05. The molecule has 1 amide bonds. The highest BCUT2D eigenvalue weighted by atomic mass is 16.5. The smallest absolute Gasteiger partial charge is 0.287 e. The molecule has 1 aliphatic heterocycles. The maximum Gasteiger partial charge on any atom is 0.287 e. The Morgan fingerprint density at radius 2 is 2.10 bits per heavy atom. The first-order valence-electron chi connectivity index (χ1n) is 7.42. The fourth-order valence-corrected chi connectivity index (χ4v) is 3.07. The molecule has 2 aromatic rings. The zero-order valence-corrected chi connectivity index (χ0v) is 11.7. The second kappa shape index (κ2) is 4.77. The summed E-state index contributed by atoms with van der Waals surface area (Å²) in [5.41, 5.74) is 7.08. The number of carbonyl (C=O) groups is 1. The van der Waals surface area contributed by atoms with E-state index in [-0.39, 0.29) is 18.1 Å². The molecule has 1 saturated heterocycles. The molecule has 1 aliphatic carbocycles. The van der Waals surface area contributed by atoms with Crippen molar-refractivity contribution in [1.29, 1.82) is 0 Å². The molecule has 2 atom stereocenters. The number of nitrogens with one attached hydrogen (secondary N) is 1. The number of nitrogen functional groups attached to an aromatic ring is 1. The number of hydrogen-bond acceptors (Lipinski definition) is 4. The van der Waals surface area contributed by atoms with Crippen LogP contribution in [-0.4, -0.2) is 24.7 Å². The number of rotatable bonds is 3. The highest BCUT2D eigenvalue weighted by Crippen LogP contribution is 2.38. The van der Waals surface area contributed by atoms with Crippen LogP contribution in [0.4, 0.5) is 5.69 Å². The summed E-state index contributed by atoms with van der Waals surface area (Å²) in [4.78, 5) is 12.4. The van der Waals surface area contributed by atoms with Gasteiger partial charge in [0.1, 0.15) is 5.58 Å². The van der Waals surface area contributed by atoms with E-state index in [0.717, 1.165) is 18.4 Å². The lowest BCUT2D eigenvalue weighted by Crippen LogP contribution is -2.41. The third kappa shape index (κ3) is 2.38. The number of benzene rings is 1. The van der Waals surface area contributed by atoms with Gasteiger partial charge in [0.25, 0.3) is 5.91 Å². The van der Waals surface area contributed by atoms with Gasteiger partial charge < -0.3 is 20.2 Å². The minimum atomic E-state index is -0.175. The summed E-state index contributed by atoms with van der Waals surface area (Å²) in [6, 6.07) is 7.20. The van der Waals surface area contributed by atoms with E-state index in [1.165, 1.54) is 12.8 Å². The van der Waals surface area contributed by atoms with E-state index in [2.05, 4.69) is 5.32 Å². The second-order valence-corrected chi connectivity index (χ2v) is 5.95. The number of hydrogen-bond donors (Lipinski definition) is 2. The van der Waals surface area contributed by atoms with Crippen LogP contribution in [0.2, 0.25) is 0 Å². The molecule has 0 spiro atoms. The lowest BCUT2D eigenvalue weighted by atomic mass is 10.1. The van der Waals surface area contributed by atoms with Gasteiger partial charge in [-0.3, -0.25) is 4.79 Å². The van der Waals surface area contributed by atoms with Crippen LogP contribution < -0.4 is 11.1 Å². The minimum Gasteiger partial charge on any atom is -0.451 e. The van der Waals surface area contributed by atoms with Crippen LogP contribution >= 0.6 is 0 Å². The summed E-state index contributed by atoms with van der Waals surface area (Å²) in [5, 5.41) is 3.90. The summed E-state index contributed by atoms with van der Waals surface area (Å²) in [6.07, 6.45) is 3.47. The molecular weight excluding hydrogens is 268 g/mol. The molecular formula is C16H18N2O3. The Morgan fingerprint density at radius 3 is 2.90 bits per heavy atom. The van der Waals surface area contributed by atoms with E-state index in [4.69, 9.17) is 14.9 Å². The van der Waals surface area contributed by atoms with Gasteiger partial charge in [0.2, 0.25) is 0 Å². The van der Waals surface area contributed by atoms with Crippen LogP contribution in [-0.2, 0) is 4.74 Å². The molecule has 5 heteroatoms. The highest BCUT2D eigenvalue weighted by Gasteiger charge is 2.41. The van der Waals surface area contributed by atoms with Crippen molar-refractivity contribution in [1.82, 2.24) is 5.32 Å². The van der Waals surface area contributed by atoms with Gasteiger partial charge in [-0.05, 0) is 49.4 Å². The first-order chi connectivity index (χ1) is 10.2. The summed E-state index contributed by atoms with van der Waals surface area (Å²) in [5.74, 6) is 0.774. The van der Waals surface area contributed by atoms with Crippen LogP contribution in [0, 0.1) is 5.92 Å². The van der Waals surface area contributed by atoms with Gasteiger partial charge >= 0.3 is 0 Å². The molecule has 1 aromatic carbocycles. The number of ether oxygens (including phenoxy) is 1. The van der Waals surface area contributed by atoms with Crippen LogP contribution in [0.25, 0.3) is 11.0 Å². The number of amides is 1. The molecule has 5 nitrogen and oxygen atoms in total. The van der Waals surface area contributed by atoms with Crippen molar-refractivity contribution in [2.24, 2.45) is 5.92 Å². The maximum absolute atomic E-state index is 12.4. The van der Waals surface area contributed by atoms with E-state index >= 15 is 0 Å².